The summed E-state index contributed by atoms with van der Waals surface area (Å²) in [6.07, 6.45) is 2.36. The van der Waals surface area contributed by atoms with Crippen molar-refractivity contribution in [3.8, 4) is 0 Å². The molecule has 0 bridgehead atoms. The van der Waals surface area contributed by atoms with Gasteiger partial charge in [-0.2, -0.15) is 0 Å². The number of piperidine rings is 1. The number of benzene rings is 1. The molecule has 7 nitrogen and oxygen atoms in total. The van der Waals surface area contributed by atoms with E-state index in [2.05, 4.69) is 15.3 Å². The Kier molecular flexibility index (Phi) is 3.07. The van der Waals surface area contributed by atoms with Gasteiger partial charge < -0.3 is 19.9 Å². The van der Waals surface area contributed by atoms with Gasteiger partial charge in [-0.1, -0.05) is 0 Å². The maximum Gasteiger partial charge on any atom is 0.254 e. The summed E-state index contributed by atoms with van der Waals surface area (Å²) in [7, 11) is 0. The average molecular weight is 300 g/mol. The van der Waals surface area contributed by atoms with Gasteiger partial charge in [0.05, 0.1) is 29.5 Å². The van der Waals surface area contributed by atoms with E-state index in [1.54, 1.807) is 17.3 Å². The van der Waals surface area contributed by atoms with Gasteiger partial charge in [0.1, 0.15) is 6.61 Å². The highest BCUT2D eigenvalue weighted by molar-refractivity contribution is 5.97. The number of ether oxygens (including phenoxy) is 1. The predicted octanol–water partition coefficient (Wildman–Crippen LogP) is 0.292. The van der Waals surface area contributed by atoms with Gasteiger partial charge >= 0.3 is 0 Å². The van der Waals surface area contributed by atoms with Crippen LogP contribution < -0.4 is 5.32 Å². The third kappa shape index (κ3) is 2.23. The summed E-state index contributed by atoms with van der Waals surface area (Å²) in [5, 5.41) is 2.91. The molecule has 3 heterocycles. The zero-order valence-electron chi connectivity index (χ0n) is 11.9. The molecule has 2 aliphatic heterocycles. The lowest BCUT2D eigenvalue weighted by molar-refractivity contribution is -0.139. The number of imidazole rings is 1. The molecule has 22 heavy (non-hydrogen) atoms. The number of H-pyrrole nitrogens is 1. The predicted molar refractivity (Wildman–Crippen MR) is 78.3 cm³/mol. The Morgan fingerprint density at radius 1 is 1.41 bits per heavy atom. The van der Waals surface area contributed by atoms with Gasteiger partial charge in [-0.15, -0.1) is 0 Å². The van der Waals surface area contributed by atoms with E-state index in [1.807, 2.05) is 12.1 Å². The molecular formula is C15H16N4O3. The van der Waals surface area contributed by atoms with Gasteiger partial charge in [-0.05, 0) is 24.6 Å². The van der Waals surface area contributed by atoms with Crippen LogP contribution in [0.5, 0.6) is 0 Å². The Hall–Kier alpha value is -2.41. The molecule has 2 N–H and O–H groups in total. The van der Waals surface area contributed by atoms with E-state index in [4.69, 9.17) is 4.74 Å². The standard InChI is InChI=1S/C15H16N4O3/c20-14-7-22-13-3-4-19(6-12(13)18-14)15(21)9-1-2-10-11(5-9)17-8-16-10/h1-2,5,8,12-13H,3-4,6-7H2,(H,16,17)(H,18,20)/t12-,13+/m0/s1. The third-order valence-corrected chi connectivity index (χ3v) is 4.28. The molecule has 0 radical (unpaired) electrons. The van der Waals surface area contributed by atoms with Crippen LogP contribution >= 0.6 is 0 Å². The Bertz CT molecular complexity index is 741. The summed E-state index contributed by atoms with van der Waals surface area (Å²) in [5.74, 6) is -0.149. The number of likely N-dealkylation sites (tertiary alicyclic amines) is 1. The fraction of sp³-hybridized carbons (Fsp3) is 0.400. The molecule has 2 aliphatic rings. The van der Waals surface area contributed by atoms with E-state index < -0.39 is 0 Å². The number of nitrogens with zero attached hydrogens (tertiary/aromatic N) is 2. The molecule has 0 unspecified atom stereocenters. The number of nitrogens with one attached hydrogen (secondary N) is 2. The first-order chi connectivity index (χ1) is 10.7. The summed E-state index contributed by atoms with van der Waals surface area (Å²) in [6, 6.07) is 5.31. The Morgan fingerprint density at radius 2 is 2.32 bits per heavy atom. The first kappa shape index (κ1) is 13.3. The number of aromatic amines is 1. The number of morpholine rings is 1. The highest BCUT2D eigenvalue weighted by Gasteiger charge is 2.36. The topological polar surface area (TPSA) is 87.3 Å². The molecule has 1 aromatic heterocycles. The van der Waals surface area contributed by atoms with Crippen molar-refractivity contribution in [3.63, 3.8) is 0 Å². The van der Waals surface area contributed by atoms with E-state index in [1.165, 1.54) is 0 Å². The van der Waals surface area contributed by atoms with Crippen LogP contribution in [0.1, 0.15) is 16.8 Å². The molecule has 2 amide bonds. The molecule has 2 atom stereocenters. The maximum atomic E-state index is 12.7. The molecule has 0 spiro atoms. The van der Waals surface area contributed by atoms with Crippen molar-refractivity contribution < 1.29 is 14.3 Å². The number of fused-ring (bicyclic) bond motifs is 2. The minimum Gasteiger partial charge on any atom is -0.366 e. The zero-order chi connectivity index (χ0) is 15.1. The average Bonchev–Trinajstić information content (AvgIpc) is 3.01. The molecule has 0 saturated carbocycles. The van der Waals surface area contributed by atoms with Crippen LogP contribution in [-0.4, -0.2) is 58.5 Å². The first-order valence-electron chi connectivity index (χ1n) is 7.34. The fourth-order valence-corrected chi connectivity index (χ4v) is 3.14. The third-order valence-electron chi connectivity index (χ3n) is 4.28. The van der Waals surface area contributed by atoms with Crippen molar-refractivity contribution in [2.75, 3.05) is 19.7 Å². The highest BCUT2D eigenvalue weighted by atomic mass is 16.5. The van der Waals surface area contributed by atoms with Gasteiger partial charge in [0.15, 0.2) is 0 Å². The summed E-state index contributed by atoms with van der Waals surface area (Å²) < 4.78 is 5.51. The van der Waals surface area contributed by atoms with Crippen LogP contribution in [0.25, 0.3) is 11.0 Å². The smallest absolute Gasteiger partial charge is 0.254 e. The molecule has 2 fully saturated rings. The second kappa shape index (κ2) is 5.10. The summed E-state index contributed by atoms with van der Waals surface area (Å²) >= 11 is 0. The minimum absolute atomic E-state index is 0.0110. The van der Waals surface area contributed by atoms with E-state index in [-0.39, 0.29) is 30.6 Å². The lowest BCUT2D eigenvalue weighted by Gasteiger charge is -2.41. The second-order valence-electron chi connectivity index (χ2n) is 5.70. The van der Waals surface area contributed by atoms with Gasteiger partial charge in [0.2, 0.25) is 5.91 Å². The Balaban J connectivity index is 1.53. The fourth-order valence-electron chi connectivity index (χ4n) is 3.14. The van der Waals surface area contributed by atoms with Crippen LogP contribution in [0, 0.1) is 0 Å². The highest BCUT2D eigenvalue weighted by Crippen LogP contribution is 2.20. The van der Waals surface area contributed by atoms with Gasteiger partial charge in [0, 0.05) is 18.7 Å². The lowest BCUT2D eigenvalue weighted by Crippen LogP contribution is -2.61. The van der Waals surface area contributed by atoms with E-state index in [0.717, 1.165) is 17.5 Å². The molecule has 0 aliphatic carbocycles. The van der Waals surface area contributed by atoms with E-state index in [0.29, 0.717) is 18.7 Å². The van der Waals surface area contributed by atoms with Gasteiger partial charge in [0.25, 0.3) is 5.91 Å². The monoisotopic (exact) mass is 300 g/mol. The molecule has 1 aromatic carbocycles. The summed E-state index contributed by atoms with van der Waals surface area (Å²) in [4.78, 5) is 33.0. The number of rotatable bonds is 1. The maximum absolute atomic E-state index is 12.7. The van der Waals surface area contributed by atoms with Gasteiger partial charge in [-0.3, -0.25) is 9.59 Å². The SMILES string of the molecule is O=C1CO[C@@H]2CCN(C(=O)c3ccc4nc[nH]c4c3)C[C@@H]2N1. The minimum atomic E-state index is -0.116. The lowest BCUT2D eigenvalue weighted by atomic mass is 9.99. The van der Waals surface area contributed by atoms with Crippen LogP contribution in [0.4, 0.5) is 0 Å². The molecular weight excluding hydrogens is 284 g/mol. The van der Waals surface area contributed by atoms with Gasteiger partial charge in [-0.25, -0.2) is 4.98 Å². The molecule has 2 saturated heterocycles. The number of hydrogen-bond acceptors (Lipinski definition) is 4. The number of hydrogen-bond donors (Lipinski definition) is 2. The zero-order valence-corrected chi connectivity index (χ0v) is 11.9. The molecule has 7 heteroatoms. The number of aromatic nitrogens is 2. The van der Waals surface area contributed by atoms with Crippen LogP contribution in [0.15, 0.2) is 24.5 Å². The number of carbonyl (C=O) groups excluding carboxylic acids is 2. The largest absolute Gasteiger partial charge is 0.366 e. The van der Waals surface area contributed by atoms with Crippen molar-refractivity contribution in [1.82, 2.24) is 20.2 Å². The van der Waals surface area contributed by atoms with E-state index in [9.17, 15) is 9.59 Å². The number of carbonyl (C=O) groups is 2. The summed E-state index contributed by atoms with van der Waals surface area (Å²) in [5.41, 5.74) is 2.30. The molecule has 4 rings (SSSR count). The quantitative estimate of drug-likeness (QED) is 0.792. The van der Waals surface area contributed by atoms with Crippen molar-refractivity contribution in [3.05, 3.63) is 30.1 Å². The van der Waals surface area contributed by atoms with Crippen molar-refractivity contribution >= 4 is 22.8 Å². The van der Waals surface area contributed by atoms with Crippen molar-refractivity contribution in [1.29, 1.82) is 0 Å². The molecule has 114 valence electrons. The normalized spacial score (nSPS) is 24.9. The van der Waals surface area contributed by atoms with Crippen molar-refractivity contribution in [2.45, 2.75) is 18.6 Å². The number of amides is 2. The van der Waals surface area contributed by atoms with Crippen LogP contribution in [0.2, 0.25) is 0 Å². The first-order valence-corrected chi connectivity index (χ1v) is 7.34. The Morgan fingerprint density at radius 3 is 3.23 bits per heavy atom. The Labute approximate surface area is 126 Å². The van der Waals surface area contributed by atoms with E-state index >= 15 is 0 Å². The molecule has 2 aromatic rings. The summed E-state index contributed by atoms with van der Waals surface area (Å²) in [6.45, 7) is 1.23. The van der Waals surface area contributed by atoms with Crippen LogP contribution in [0.3, 0.4) is 0 Å². The van der Waals surface area contributed by atoms with Crippen LogP contribution in [-0.2, 0) is 9.53 Å². The second-order valence-corrected chi connectivity index (χ2v) is 5.70. The van der Waals surface area contributed by atoms with Crippen molar-refractivity contribution in [2.24, 2.45) is 0 Å².